The smallest absolute Gasteiger partial charge is 0.333 e. The topological polar surface area (TPSA) is 93.6 Å². The van der Waals surface area contributed by atoms with Crippen molar-refractivity contribution >= 4 is 22.0 Å². The van der Waals surface area contributed by atoms with E-state index in [1.54, 1.807) is 14.1 Å². The third-order valence-electron chi connectivity index (χ3n) is 2.84. The van der Waals surface area contributed by atoms with Crippen molar-refractivity contribution < 1.29 is 17.2 Å². The van der Waals surface area contributed by atoms with Crippen LogP contribution in [0.5, 0.6) is 0 Å². The molecule has 0 aliphatic heterocycles. The first kappa shape index (κ1) is 16.9. The maximum atomic E-state index is 12.7. The zero-order chi connectivity index (χ0) is 17.2. The molecule has 7 nitrogen and oxygen atoms in total. The van der Waals surface area contributed by atoms with Crippen molar-refractivity contribution in [2.24, 2.45) is 4.40 Å². The molecule has 124 valence electrons. The summed E-state index contributed by atoms with van der Waals surface area (Å²) < 4.78 is 54.0. The summed E-state index contributed by atoms with van der Waals surface area (Å²) in [4.78, 5) is 1.28. The van der Waals surface area contributed by atoms with Crippen LogP contribution in [-0.4, -0.2) is 43.5 Å². The van der Waals surface area contributed by atoms with Gasteiger partial charge in [0, 0.05) is 37.1 Å². The van der Waals surface area contributed by atoms with E-state index >= 15 is 0 Å². The van der Waals surface area contributed by atoms with Gasteiger partial charge in [-0.05, 0) is 12.1 Å². The molecule has 0 atom stereocenters. The number of halogens is 2. The van der Waals surface area contributed by atoms with Gasteiger partial charge in [-0.15, -0.1) is 4.40 Å². The Morgan fingerprint density at radius 3 is 2.65 bits per heavy atom. The molecule has 0 saturated heterocycles. The van der Waals surface area contributed by atoms with E-state index in [9.17, 15) is 17.2 Å². The Morgan fingerprint density at radius 2 is 2.09 bits per heavy atom. The second-order valence-corrected chi connectivity index (χ2v) is 6.47. The highest BCUT2D eigenvalue weighted by Gasteiger charge is 2.22. The van der Waals surface area contributed by atoms with Crippen molar-refractivity contribution in [3.05, 3.63) is 30.6 Å². The first-order valence-corrected chi connectivity index (χ1v) is 7.84. The predicted molar refractivity (Wildman–Crippen MR) is 82.7 cm³/mol. The predicted octanol–water partition coefficient (Wildman–Crippen LogP) is 1.81. The third kappa shape index (κ3) is 3.65. The van der Waals surface area contributed by atoms with E-state index < -0.39 is 16.6 Å². The van der Waals surface area contributed by atoms with Crippen LogP contribution >= 0.6 is 0 Å². The molecule has 0 aliphatic carbocycles. The van der Waals surface area contributed by atoms with Gasteiger partial charge in [-0.3, -0.25) is 0 Å². The molecule has 2 aromatic rings. The van der Waals surface area contributed by atoms with Gasteiger partial charge < -0.3 is 10.6 Å². The number of alkyl halides is 2. The number of rotatable bonds is 5. The quantitative estimate of drug-likeness (QED) is 0.508. The maximum absolute atomic E-state index is 12.7. The van der Waals surface area contributed by atoms with Gasteiger partial charge in [0.1, 0.15) is 6.34 Å². The molecule has 10 heteroatoms. The Morgan fingerprint density at radius 1 is 1.39 bits per heavy atom. The van der Waals surface area contributed by atoms with Crippen LogP contribution in [0.25, 0.3) is 11.1 Å². The summed E-state index contributed by atoms with van der Waals surface area (Å²) in [7, 11) is -0.810. The van der Waals surface area contributed by atoms with Crippen LogP contribution in [0.1, 0.15) is 6.55 Å². The molecule has 0 saturated carbocycles. The Bertz CT molecular complexity index is 831. The van der Waals surface area contributed by atoms with Crippen molar-refractivity contribution in [2.45, 2.75) is 11.4 Å². The normalized spacial score (nSPS) is 12.2. The molecule has 0 spiro atoms. The van der Waals surface area contributed by atoms with Crippen LogP contribution in [0.3, 0.4) is 0 Å². The Hall–Kier alpha value is -2.49. The second-order valence-electron chi connectivity index (χ2n) is 4.87. The minimum absolute atomic E-state index is 0.0929. The van der Waals surface area contributed by atoms with E-state index in [1.807, 2.05) is 0 Å². The zero-order valence-corrected chi connectivity index (χ0v) is 13.2. The van der Waals surface area contributed by atoms with Gasteiger partial charge in [0.25, 0.3) is 10.0 Å². The number of nitrogen functional groups attached to an aromatic ring is 1. The number of hydrogen-bond donors (Lipinski definition) is 1. The van der Waals surface area contributed by atoms with Gasteiger partial charge in [-0.2, -0.15) is 22.3 Å². The number of aromatic nitrogens is 2. The lowest BCUT2D eigenvalue weighted by Crippen LogP contribution is -2.11. The van der Waals surface area contributed by atoms with Crippen molar-refractivity contribution in [1.82, 2.24) is 14.7 Å². The number of nitrogens with zero attached hydrogens (tertiary/aromatic N) is 4. The van der Waals surface area contributed by atoms with Gasteiger partial charge in [-0.25, -0.2) is 4.68 Å². The van der Waals surface area contributed by atoms with Crippen molar-refractivity contribution in [2.75, 3.05) is 19.8 Å². The van der Waals surface area contributed by atoms with E-state index in [4.69, 9.17) is 5.73 Å². The second kappa shape index (κ2) is 6.32. The highest BCUT2D eigenvalue weighted by molar-refractivity contribution is 7.90. The van der Waals surface area contributed by atoms with Gasteiger partial charge in [0.05, 0.1) is 11.1 Å². The first-order valence-electron chi connectivity index (χ1n) is 6.40. The molecule has 1 aromatic heterocycles. The van der Waals surface area contributed by atoms with Gasteiger partial charge in [0.15, 0.2) is 0 Å². The summed E-state index contributed by atoms with van der Waals surface area (Å²) in [6, 6.07) is 4.24. The highest BCUT2D eigenvalue weighted by atomic mass is 32.2. The van der Waals surface area contributed by atoms with Crippen LogP contribution in [0.4, 0.5) is 14.5 Å². The number of nitrogens with two attached hydrogens (primary N) is 1. The number of benzene rings is 1. The molecule has 0 unspecified atom stereocenters. The van der Waals surface area contributed by atoms with E-state index in [-0.39, 0.29) is 21.7 Å². The summed E-state index contributed by atoms with van der Waals surface area (Å²) >= 11 is 0. The molecule has 1 heterocycles. The van der Waals surface area contributed by atoms with E-state index in [1.165, 1.54) is 23.1 Å². The van der Waals surface area contributed by atoms with E-state index in [2.05, 4.69) is 9.50 Å². The fourth-order valence-electron chi connectivity index (χ4n) is 1.86. The molecular weight excluding hydrogens is 328 g/mol. The molecule has 0 radical (unpaired) electrons. The number of anilines is 1. The summed E-state index contributed by atoms with van der Waals surface area (Å²) in [5.41, 5.74) is 6.23. The Kier molecular flexibility index (Phi) is 4.64. The van der Waals surface area contributed by atoms with Crippen molar-refractivity contribution in [3.63, 3.8) is 0 Å². The van der Waals surface area contributed by atoms with Crippen LogP contribution < -0.4 is 5.73 Å². The summed E-state index contributed by atoms with van der Waals surface area (Å²) in [6.07, 6.45) is 3.29. The van der Waals surface area contributed by atoms with Crippen molar-refractivity contribution in [3.8, 4) is 11.1 Å². The molecule has 1 aromatic carbocycles. The average Bonchev–Trinajstić information content (AvgIpc) is 2.94. The number of hydrogen-bond acceptors (Lipinski definition) is 4. The molecule has 0 bridgehead atoms. The lowest BCUT2D eigenvalue weighted by molar-refractivity contribution is 0.0566. The fraction of sp³-hybridized carbons (Fsp3) is 0.231. The molecular formula is C13H15F2N5O2S. The number of sulfonamides is 1. The SMILES string of the molecule is CN(C)C=NS(=O)(=O)c1cccc(N)c1-c1cnn(C(F)F)c1. The highest BCUT2D eigenvalue weighted by Crippen LogP contribution is 2.33. The standard InChI is InChI=1S/C13H15F2N5O2S/c1-19(2)8-18-23(21,22)11-5-3-4-10(16)12(11)9-6-17-20(7-9)13(14)15/h3-8,13H,16H2,1-2H3. The molecule has 0 aliphatic rings. The van der Waals surface area contributed by atoms with E-state index in [0.717, 1.165) is 18.7 Å². The summed E-state index contributed by atoms with van der Waals surface area (Å²) in [5.74, 6) is 0. The molecule has 2 N–H and O–H groups in total. The lowest BCUT2D eigenvalue weighted by atomic mass is 10.1. The first-order chi connectivity index (χ1) is 10.7. The van der Waals surface area contributed by atoms with Crippen LogP contribution in [-0.2, 0) is 10.0 Å². The van der Waals surface area contributed by atoms with Gasteiger partial charge in [-0.1, -0.05) is 6.07 Å². The third-order valence-corrected chi connectivity index (χ3v) is 4.11. The minimum atomic E-state index is -4.04. The average molecular weight is 343 g/mol. The molecule has 0 fully saturated rings. The minimum Gasteiger partial charge on any atom is -0.398 e. The van der Waals surface area contributed by atoms with Crippen LogP contribution in [0.2, 0.25) is 0 Å². The Balaban J connectivity index is 2.61. The van der Waals surface area contributed by atoms with Crippen molar-refractivity contribution in [1.29, 1.82) is 0 Å². The molecule has 0 amide bonds. The van der Waals surface area contributed by atoms with Gasteiger partial charge >= 0.3 is 6.55 Å². The Labute approximate surface area is 132 Å². The van der Waals surface area contributed by atoms with E-state index in [0.29, 0.717) is 4.68 Å². The zero-order valence-electron chi connectivity index (χ0n) is 12.4. The maximum Gasteiger partial charge on any atom is 0.333 e. The van der Waals surface area contributed by atoms with Crippen LogP contribution in [0.15, 0.2) is 39.9 Å². The molecule has 2 rings (SSSR count). The summed E-state index contributed by atoms with van der Waals surface area (Å²) in [5, 5.41) is 3.50. The fourth-order valence-corrected chi connectivity index (χ4v) is 3.03. The largest absolute Gasteiger partial charge is 0.398 e. The molecule has 23 heavy (non-hydrogen) atoms. The lowest BCUT2D eigenvalue weighted by Gasteiger charge is -2.10. The van der Waals surface area contributed by atoms with Crippen LogP contribution in [0, 0.1) is 0 Å². The summed E-state index contributed by atoms with van der Waals surface area (Å²) in [6.45, 7) is -2.83. The monoisotopic (exact) mass is 343 g/mol. The van der Waals surface area contributed by atoms with Gasteiger partial charge in [0.2, 0.25) is 0 Å².